The number of sulfonamides is 1. The van der Waals surface area contributed by atoms with Gasteiger partial charge in [0.25, 0.3) is 5.91 Å². The quantitative estimate of drug-likeness (QED) is 0.691. The van der Waals surface area contributed by atoms with Crippen LogP contribution in [-0.4, -0.2) is 73.6 Å². The van der Waals surface area contributed by atoms with Gasteiger partial charge in [-0.1, -0.05) is 6.92 Å². The number of hydrogen-bond donors (Lipinski definition) is 0. The Bertz CT molecular complexity index is 909. The lowest BCUT2D eigenvalue weighted by molar-refractivity contribution is -0.137. The van der Waals surface area contributed by atoms with Crippen LogP contribution in [0, 0.1) is 11.8 Å². The molecule has 3 fully saturated rings. The predicted octanol–water partition coefficient (Wildman–Crippen LogP) is 2.97. The molecule has 3 aliphatic heterocycles. The Hall–Kier alpha value is -1.93. The van der Waals surface area contributed by atoms with Crippen molar-refractivity contribution in [2.75, 3.05) is 39.3 Å². The highest BCUT2D eigenvalue weighted by Crippen LogP contribution is 2.25. The lowest BCUT2D eigenvalue weighted by Crippen LogP contribution is -2.45. The summed E-state index contributed by atoms with van der Waals surface area (Å²) in [5, 5.41) is 0. The summed E-state index contributed by atoms with van der Waals surface area (Å²) in [5.41, 5.74) is 0.497. The smallest absolute Gasteiger partial charge is 0.253 e. The highest BCUT2D eigenvalue weighted by molar-refractivity contribution is 7.89. The van der Waals surface area contributed by atoms with Gasteiger partial charge in [-0.15, -0.1) is 0 Å². The van der Waals surface area contributed by atoms with Gasteiger partial charge in [-0.3, -0.25) is 9.59 Å². The lowest BCUT2D eigenvalue weighted by atomic mass is 9.94. The minimum Gasteiger partial charge on any atom is -0.342 e. The van der Waals surface area contributed by atoms with Crippen molar-refractivity contribution in [1.82, 2.24) is 14.1 Å². The summed E-state index contributed by atoms with van der Waals surface area (Å²) >= 11 is 0. The van der Waals surface area contributed by atoms with Crippen LogP contribution < -0.4 is 0 Å². The fourth-order valence-corrected chi connectivity index (χ4v) is 6.50. The molecule has 32 heavy (non-hydrogen) atoms. The van der Waals surface area contributed by atoms with Crippen molar-refractivity contribution in [2.45, 2.75) is 56.8 Å². The first-order valence-electron chi connectivity index (χ1n) is 12.0. The van der Waals surface area contributed by atoms with Gasteiger partial charge in [-0.2, -0.15) is 4.31 Å². The summed E-state index contributed by atoms with van der Waals surface area (Å²) in [6.07, 6.45) is 6.53. The van der Waals surface area contributed by atoms with E-state index in [1.165, 1.54) is 6.42 Å². The monoisotopic (exact) mass is 461 g/mol. The Labute approximate surface area is 191 Å². The standard InChI is InChI=1S/C24H35N3O4S/c1-19-9-17-27(18-10-19)32(30,31)22-7-5-20(6-8-22)23(28)26-15-11-21(12-16-26)24(29)25-13-3-2-4-14-25/h5-8,19,21H,2-4,9-18H2,1H3. The third-order valence-corrected chi connectivity index (χ3v) is 9.19. The Morgan fingerprint density at radius 3 is 1.97 bits per heavy atom. The molecule has 0 N–H and O–H groups in total. The van der Waals surface area contributed by atoms with Crippen LogP contribution in [-0.2, 0) is 14.8 Å². The molecule has 3 heterocycles. The molecule has 0 aliphatic carbocycles. The van der Waals surface area contributed by atoms with Crippen LogP contribution in [0.1, 0.15) is 62.2 Å². The summed E-state index contributed by atoms with van der Waals surface area (Å²) in [6.45, 7) is 6.11. The van der Waals surface area contributed by atoms with Crippen LogP contribution in [0.3, 0.4) is 0 Å². The van der Waals surface area contributed by atoms with E-state index in [2.05, 4.69) is 6.92 Å². The fraction of sp³-hybridized carbons (Fsp3) is 0.667. The largest absolute Gasteiger partial charge is 0.342 e. The molecule has 8 heteroatoms. The highest BCUT2D eigenvalue weighted by atomic mass is 32.2. The van der Waals surface area contributed by atoms with Crippen molar-refractivity contribution in [3.63, 3.8) is 0 Å². The average molecular weight is 462 g/mol. The van der Waals surface area contributed by atoms with Gasteiger partial charge >= 0.3 is 0 Å². The summed E-state index contributed by atoms with van der Waals surface area (Å²) in [7, 11) is -3.51. The van der Waals surface area contributed by atoms with Crippen LogP contribution in [0.5, 0.6) is 0 Å². The third-order valence-electron chi connectivity index (χ3n) is 7.28. The second kappa shape index (κ2) is 9.91. The van der Waals surface area contributed by atoms with E-state index in [1.54, 1.807) is 33.5 Å². The van der Waals surface area contributed by atoms with E-state index < -0.39 is 10.0 Å². The normalized spacial score (nSPS) is 22.2. The van der Waals surface area contributed by atoms with Gasteiger partial charge < -0.3 is 9.80 Å². The topological polar surface area (TPSA) is 78.0 Å². The molecule has 0 spiro atoms. The van der Waals surface area contributed by atoms with Crippen molar-refractivity contribution in [3.8, 4) is 0 Å². The molecule has 0 bridgehead atoms. The zero-order valence-electron chi connectivity index (χ0n) is 19.0. The summed E-state index contributed by atoms with van der Waals surface area (Å²) in [5.74, 6) is 0.723. The zero-order valence-corrected chi connectivity index (χ0v) is 19.9. The van der Waals surface area contributed by atoms with Crippen LogP contribution >= 0.6 is 0 Å². The molecule has 4 rings (SSSR count). The number of benzene rings is 1. The van der Waals surface area contributed by atoms with Crippen molar-refractivity contribution in [2.24, 2.45) is 11.8 Å². The Morgan fingerprint density at radius 1 is 0.781 bits per heavy atom. The van der Waals surface area contributed by atoms with E-state index in [9.17, 15) is 18.0 Å². The zero-order chi connectivity index (χ0) is 22.7. The first kappa shape index (κ1) is 23.2. The number of carbonyl (C=O) groups excluding carboxylic acids is 2. The van der Waals surface area contributed by atoms with E-state index in [0.717, 1.165) is 38.8 Å². The van der Waals surface area contributed by atoms with Crippen molar-refractivity contribution in [3.05, 3.63) is 29.8 Å². The first-order chi connectivity index (χ1) is 15.4. The van der Waals surface area contributed by atoms with Gasteiger partial charge in [0, 0.05) is 50.7 Å². The fourth-order valence-electron chi connectivity index (χ4n) is 5.03. The Kier molecular flexibility index (Phi) is 7.20. The molecule has 3 aliphatic rings. The molecule has 3 saturated heterocycles. The van der Waals surface area contributed by atoms with E-state index in [1.807, 2.05) is 4.90 Å². The third kappa shape index (κ3) is 5.01. The molecule has 0 unspecified atom stereocenters. The lowest BCUT2D eigenvalue weighted by Gasteiger charge is -2.35. The molecule has 0 saturated carbocycles. The maximum absolute atomic E-state index is 12.9. The first-order valence-corrected chi connectivity index (χ1v) is 13.5. The van der Waals surface area contributed by atoms with E-state index >= 15 is 0 Å². The van der Waals surface area contributed by atoms with Gasteiger partial charge in [0.2, 0.25) is 15.9 Å². The minimum atomic E-state index is -3.51. The molecular weight excluding hydrogens is 426 g/mol. The van der Waals surface area contributed by atoms with Crippen LogP contribution in [0.4, 0.5) is 0 Å². The molecule has 176 valence electrons. The van der Waals surface area contributed by atoms with Crippen LogP contribution in [0.15, 0.2) is 29.2 Å². The maximum atomic E-state index is 12.9. The molecule has 7 nitrogen and oxygen atoms in total. The van der Waals surface area contributed by atoms with Gasteiger partial charge in [0.05, 0.1) is 4.90 Å². The summed E-state index contributed by atoms with van der Waals surface area (Å²) < 4.78 is 27.4. The van der Waals surface area contributed by atoms with Gasteiger partial charge in [0.1, 0.15) is 0 Å². The molecule has 0 radical (unpaired) electrons. The van der Waals surface area contributed by atoms with E-state index in [4.69, 9.17) is 0 Å². The molecule has 0 atom stereocenters. The Balaban J connectivity index is 1.33. The number of rotatable bonds is 4. The molecular formula is C24H35N3O4S. The van der Waals surface area contributed by atoms with Gasteiger partial charge in [-0.05, 0) is 75.1 Å². The van der Waals surface area contributed by atoms with Crippen molar-refractivity contribution >= 4 is 21.8 Å². The number of hydrogen-bond acceptors (Lipinski definition) is 4. The number of amides is 2. The van der Waals surface area contributed by atoms with Gasteiger partial charge in [-0.25, -0.2) is 8.42 Å². The number of piperidine rings is 3. The molecule has 2 amide bonds. The minimum absolute atomic E-state index is 0.0110. The molecule has 0 aromatic heterocycles. The van der Waals surface area contributed by atoms with Crippen LogP contribution in [0.25, 0.3) is 0 Å². The van der Waals surface area contributed by atoms with Crippen molar-refractivity contribution < 1.29 is 18.0 Å². The average Bonchev–Trinajstić information content (AvgIpc) is 2.84. The highest BCUT2D eigenvalue weighted by Gasteiger charge is 2.32. The number of carbonyl (C=O) groups is 2. The summed E-state index contributed by atoms with van der Waals surface area (Å²) in [6, 6.07) is 6.33. The second-order valence-electron chi connectivity index (χ2n) is 9.56. The van der Waals surface area contributed by atoms with E-state index in [-0.39, 0.29) is 22.6 Å². The Morgan fingerprint density at radius 2 is 1.38 bits per heavy atom. The molecule has 1 aromatic carbocycles. The molecule has 1 aromatic rings. The van der Waals surface area contributed by atoms with E-state index in [0.29, 0.717) is 50.5 Å². The van der Waals surface area contributed by atoms with Crippen molar-refractivity contribution in [1.29, 1.82) is 0 Å². The summed E-state index contributed by atoms with van der Waals surface area (Å²) in [4.78, 5) is 29.7. The SMILES string of the molecule is CC1CCN(S(=O)(=O)c2ccc(C(=O)N3CCC(C(=O)N4CCCCC4)CC3)cc2)CC1. The van der Waals surface area contributed by atoms with Crippen LogP contribution in [0.2, 0.25) is 0 Å². The van der Waals surface area contributed by atoms with Gasteiger partial charge in [0.15, 0.2) is 0 Å². The second-order valence-corrected chi connectivity index (χ2v) is 11.5. The number of likely N-dealkylation sites (tertiary alicyclic amines) is 2. The number of nitrogens with zero attached hydrogens (tertiary/aromatic N) is 3. The maximum Gasteiger partial charge on any atom is 0.253 e. The predicted molar refractivity (Wildman–Crippen MR) is 123 cm³/mol.